The van der Waals surface area contributed by atoms with Gasteiger partial charge < -0.3 is 14.4 Å². The lowest BCUT2D eigenvalue weighted by Crippen LogP contribution is -2.36. The predicted octanol–water partition coefficient (Wildman–Crippen LogP) is 4.13. The van der Waals surface area contributed by atoms with E-state index in [1.165, 1.54) is 19.2 Å². The van der Waals surface area contributed by atoms with E-state index in [2.05, 4.69) is 10.00 Å². The normalized spacial score (nSPS) is 13.5. The Kier molecular flexibility index (Phi) is 6.61. The summed E-state index contributed by atoms with van der Waals surface area (Å²) in [5.74, 6) is 0.188. The summed E-state index contributed by atoms with van der Waals surface area (Å²) in [6, 6.07) is 15.4. The molecule has 7 nitrogen and oxygen atoms in total. The summed E-state index contributed by atoms with van der Waals surface area (Å²) >= 11 is 0. The quantitative estimate of drug-likeness (QED) is 0.424. The maximum absolute atomic E-state index is 14.0. The van der Waals surface area contributed by atoms with Gasteiger partial charge in [0.2, 0.25) is 0 Å². The topological polar surface area (TPSA) is 72.5 Å². The van der Waals surface area contributed by atoms with E-state index in [0.29, 0.717) is 43.1 Å². The second kappa shape index (κ2) is 9.99. The maximum atomic E-state index is 14.0. The monoisotopic (exact) mass is 488 g/mol. The van der Waals surface area contributed by atoms with Crippen molar-refractivity contribution in [2.24, 2.45) is 0 Å². The van der Waals surface area contributed by atoms with Crippen molar-refractivity contribution in [3.63, 3.8) is 0 Å². The third-order valence-electron chi connectivity index (χ3n) is 6.66. The van der Waals surface area contributed by atoms with Gasteiger partial charge in [-0.25, -0.2) is 4.39 Å². The molecule has 2 aromatic carbocycles. The number of aromatic nitrogens is 3. The van der Waals surface area contributed by atoms with Gasteiger partial charge in [-0.05, 0) is 60.0 Å². The Morgan fingerprint density at radius 2 is 1.97 bits per heavy atom. The number of halogens is 1. The van der Waals surface area contributed by atoms with Gasteiger partial charge in [0.1, 0.15) is 5.82 Å². The number of nitrogens with zero attached hydrogens (tertiary/aromatic N) is 4. The van der Waals surface area contributed by atoms with Crippen LogP contribution in [0.25, 0.3) is 11.1 Å². The Morgan fingerprint density at radius 1 is 1.11 bits per heavy atom. The number of fused-ring (bicyclic) bond motifs is 1. The summed E-state index contributed by atoms with van der Waals surface area (Å²) in [6.45, 7) is 5.12. The number of rotatable bonds is 7. The number of methoxy groups -OCH3 is 1. The molecular weight excluding hydrogens is 459 g/mol. The lowest BCUT2D eigenvalue weighted by Gasteiger charge is -2.31. The minimum Gasteiger partial charge on any atom is -0.504 e. The zero-order chi connectivity index (χ0) is 25.2. The number of hydrogen-bond acceptors (Lipinski definition) is 5. The zero-order valence-electron chi connectivity index (χ0n) is 20.4. The van der Waals surface area contributed by atoms with Gasteiger partial charge in [-0.3, -0.25) is 14.4 Å². The highest BCUT2D eigenvalue weighted by Gasteiger charge is 2.23. The Labute approximate surface area is 209 Å². The van der Waals surface area contributed by atoms with Crippen LogP contribution in [0.1, 0.15) is 22.5 Å². The van der Waals surface area contributed by atoms with Crippen molar-refractivity contribution in [1.29, 1.82) is 0 Å². The molecule has 0 radical (unpaired) electrons. The van der Waals surface area contributed by atoms with Crippen LogP contribution in [0.2, 0.25) is 0 Å². The highest BCUT2D eigenvalue weighted by atomic mass is 19.1. The minimum absolute atomic E-state index is 0.111. The van der Waals surface area contributed by atoms with Crippen LogP contribution in [0.15, 0.2) is 65.6 Å². The number of phenolic OH excluding ortho intramolecular Hbond substituents is 1. The minimum atomic E-state index is -0.369. The highest BCUT2D eigenvalue weighted by molar-refractivity contribution is 5.64. The van der Waals surface area contributed by atoms with Crippen LogP contribution in [-0.4, -0.2) is 38.0 Å². The van der Waals surface area contributed by atoms with E-state index in [4.69, 9.17) is 4.74 Å². The average Bonchev–Trinajstić information content (AvgIpc) is 3.29. The van der Waals surface area contributed by atoms with Gasteiger partial charge in [-0.2, -0.15) is 5.10 Å². The summed E-state index contributed by atoms with van der Waals surface area (Å²) in [6.07, 6.45) is 2.64. The van der Waals surface area contributed by atoms with Crippen LogP contribution < -0.4 is 10.3 Å². The molecule has 0 fully saturated rings. The Bertz CT molecular complexity index is 1460. The molecule has 0 saturated heterocycles. The van der Waals surface area contributed by atoms with E-state index in [1.807, 2.05) is 46.6 Å². The molecule has 186 valence electrons. The number of pyridine rings is 1. The predicted molar refractivity (Wildman–Crippen MR) is 136 cm³/mol. The maximum Gasteiger partial charge on any atom is 0.258 e. The molecule has 0 aliphatic carbocycles. The molecule has 3 heterocycles. The van der Waals surface area contributed by atoms with E-state index in [-0.39, 0.29) is 17.1 Å². The summed E-state index contributed by atoms with van der Waals surface area (Å²) in [7, 11) is 1.54. The molecule has 0 saturated carbocycles. The molecule has 1 N–H and O–H groups in total. The number of aromatic hydroxyl groups is 1. The van der Waals surface area contributed by atoms with Gasteiger partial charge in [0.05, 0.1) is 19.3 Å². The van der Waals surface area contributed by atoms with Crippen LogP contribution in [0.3, 0.4) is 0 Å². The first-order valence-corrected chi connectivity index (χ1v) is 12.0. The standard InChI is InChI=1S/C28H29FN4O3/c1-19-8-11-32(30-19)12-13-33-25-9-10-31(17-20-6-7-26(34)27(14-20)36-2)18-22(25)16-24(28(33)35)21-4-3-5-23(29)15-21/h3-8,11,14-16,34H,9-10,12-13,17-18H2,1-2H3. The fourth-order valence-corrected chi connectivity index (χ4v) is 4.88. The molecule has 5 rings (SSSR count). The van der Waals surface area contributed by atoms with Gasteiger partial charge in [-0.15, -0.1) is 0 Å². The summed E-state index contributed by atoms with van der Waals surface area (Å²) in [4.78, 5) is 15.9. The Morgan fingerprint density at radius 3 is 2.72 bits per heavy atom. The highest BCUT2D eigenvalue weighted by Crippen LogP contribution is 2.29. The van der Waals surface area contributed by atoms with Crippen molar-refractivity contribution in [2.75, 3.05) is 13.7 Å². The van der Waals surface area contributed by atoms with E-state index in [1.54, 1.807) is 18.2 Å². The molecule has 36 heavy (non-hydrogen) atoms. The van der Waals surface area contributed by atoms with Gasteiger partial charge in [0.15, 0.2) is 11.5 Å². The first kappa shape index (κ1) is 23.8. The van der Waals surface area contributed by atoms with Crippen molar-refractivity contribution in [3.8, 4) is 22.6 Å². The van der Waals surface area contributed by atoms with Crippen LogP contribution in [0, 0.1) is 12.7 Å². The smallest absolute Gasteiger partial charge is 0.258 e. The van der Waals surface area contributed by atoms with Crippen molar-refractivity contribution < 1.29 is 14.2 Å². The number of hydrogen-bond donors (Lipinski definition) is 1. The fourth-order valence-electron chi connectivity index (χ4n) is 4.88. The van der Waals surface area contributed by atoms with Gasteiger partial charge in [0.25, 0.3) is 5.56 Å². The third kappa shape index (κ3) is 4.90. The summed E-state index contributed by atoms with van der Waals surface area (Å²) < 4.78 is 23.0. The van der Waals surface area contributed by atoms with E-state index in [0.717, 1.165) is 35.5 Å². The SMILES string of the molecule is COc1cc(CN2CCc3c(cc(-c4cccc(F)c4)c(=O)n3CCn3ccc(C)n3)C2)ccc1O. The van der Waals surface area contributed by atoms with Crippen molar-refractivity contribution >= 4 is 0 Å². The third-order valence-corrected chi connectivity index (χ3v) is 6.66. The zero-order valence-corrected chi connectivity index (χ0v) is 20.4. The Hall–Kier alpha value is -3.91. The van der Waals surface area contributed by atoms with E-state index >= 15 is 0 Å². The molecule has 8 heteroatoms. The van der Waals surface area contributed by atoms with Crippen LogP contribution in [0.5, 0.6) is 11.5 Å². The number of benzene rings is 2. The van der Waals surface area contributed by atoms with E-state index < -0.39 is 0 Å². The Balaban J connectivity index is 1.49. The molecule has 0 spiro atoms. The van der Waals surface area contributed by atoms with Crippen LogP contribution >= 0.6 is 0 Å². The second-order valence-electron chi connectivity index (χ2n) is 9.18. The van der Waals surface area contributed by atoms with Crippen molar-refractivity contribution in [1.82, 2.24) is 19.2 Å². The summed E-state index contributed by atoms with van der Waals surface area (Å²) in [5.41, 5.74) is 5.00. The summed E-state index contributed by atoms with van der Waals surface area (Å²) in [5, 5.41) is 14.4. The molecule has 0 amide bonds. The molecule has 1 aliphatic rings. The van der Waals surface area contributed by atoms with Crippen molar-refractivity contribution in [2.45, 2.75) is 39.5 Å². The first-order chi connectivity index (χ1) is 17.4. The van der Waals surface area contributed by atoms with E-state index in [9.17, 15) is 14.3 Å². The molecule has 0 atom stereocenters. The number of phenols is 1. The molecule has 0 unspecified atom stereocenters. The van der Waals surface area contributed by atoms with Crippen LogP contribution in [0.4, 0.5) is 4.39 Å². The second-order valence-corrected chi connectivity index (χ2v) is 9.18. The average molecular weight is 489 g/mol. The van der Waals surface area contributed by atoms with Gasteiger partial charge >= 0.3 is 0 Å². The first-order valence-electron chi connectivity index (χ1n) is 12.0. The number of aryl methyl sites for hydroxylation is 2. The number of ether oxygens (including phenoxy) is 1. The molecule has 2 aromatic heterocycles. The molecule has 4 aromatic rings. The molecule has 1 aliphatic heterocycles. The lowest BCUT2D eigenvalue weighted by molar-refractivity contribution is 0.239. The fraction of sp³-hybridized carbons (Fsp3) is 0.286. The molecule has 0 bridgehead atoms. The van der Waals surface area contributed by atoms with Crippen molar-refractivity contribution in [3.05, 3.63) is 99.5 Å². The lowest BCUT2D eigenvalue weighted by atomic mass is 9.98. The van der Waals surface area contributed by atoms with Gasteiger partial charge in [0, 0.05) is 50.1 Å². The largest absolute Gasteiger partial charge is 0.504 e. The van der Waals surface area contributed by atoms with Crippen LogP contribution in [-0.2, 0) is 32.6 Å². The molecular formula is C28H29FN4O3. The van der Waals surface area contributed by atoms with Gasteiger partial charge in [-0.1, -0.05) is 18.2 Å².